The Labute approximate surface area is 91.1 Å². The Morgan fingerprint density at radius 2 is 2.33 bits per heavy atom. The van der Waals surface area contributed by atoms with Crippen molar-refractivity contribution in [3.63, 3.8) is 0 Å². The lowest BCUT2D eigenvalue weighted by molar-refractivity contribution is 0.127. The molecule has 2 heterocycles. The molecule has 0 radical (unpaired) electrons. The summed E-state index contributed by atoms with van der Waals surface area (Å²) in [5.41, 5.74) is 5.32. The van der Waals surface area contributed by atoms with Gasteiger partial charge in [0.2, 0.25) is 4.96 Å². The van der Waals surface area contributed by atoms with Crippen LogP contribution in [-0.2, 0) is 17.8 Å². The lowest BCUT2D eigenvalue weighted by Gasteiger charge is -1.96. The van der Waals surface area contributed by atoms with E-state index in [9.17, 15) is 0 Å². The van der Waals surface area contributed by atoms with Gasteiger partial charge in [0, 0.05) is 13.0 Å². The summed E-state index contributed by atoms with van der Waals surface area (Å²) in [6, 6.07) is 0. The Morgan fingerprint density at radius 3 is 3.07 bits per heavy atom. The van der Waals surface area contributed by atoms with Crippen LogP contribution >= 0.6 is 11.3 Å². The maximum atomic E-state index is 5.32. The number of rotatable bonds is 5. The molecular formula is C8H13N5OS. The van der Waals surface area contributed by atoms with Crippen LogP contribution in [0.15, 0.2) is 0 Å². The number of nitrogens with zero attached hydrogens (tertiary/aromatic N) is 4. The predicted molar refractivity (Wildman–Crippen MR) is 56.7 cm³/mol. The van der Waals surface area contributed by atoms with Gasteiger partial charge in [-0.05, 0) is 0 Å². The second-order valence-corrected chi connectivity index (χ2v) is 4.04. The zero-order chi connectivity index (χ0) is 10.7. The minimum absolute atomic E-state index is 0.494. The standard InChI is InChI=1S/C8H13N5OS/c1-2-6-10-11-8-13(6)12-7(15-8)5-14-4-3-9/h2-5,9H2,1H3. The molecule has 0 atom stereocenters. The summed E-state index contributed by atoms with van der Waals surface area (Å²) in [6.45, 7) is 3.61. The van der Waals surface area contributed by atoms with E-state index >= 15 is 0 Å². The molecule has 0 saturated heterocycles. The summed E-state index contributed by atoms with van der Waals surface area (Å²) >= 11 is 1.50. The van der Waals surface area contributed by atoms with Crippen LogP contribution in [0.5, 0.6) is 0 Å². The van der Waals surface area contributed by atoms with Crippen LogP contribution in [0, 0.1) is 0 Å². The molecule has 0 bridgehead atoms. The fourth-order valence-electron chi connectivity index (χ4n) is 1.22. The van der Waals surface area contributed by atoms with Crippen molar-refractivity contribution in [3.05, 3.63) is 10.8 Å². The van der Waals surface area contributed by atoms with Crippen LogP contribution in [0.1, 0.15) is 17.8 Å². The lowest BCUT2D eigenvalue weighted by atomic mass is 10.5. The summed E-state index contributed by atoms with van der Waals surface area (Å²) in [5, 5.41) is 13.3. The molecule has 0 saturated carbocycles. The molecule has 6 nitrogen and oxygen atoms in total. The summed E-state index contributed by atoms with van der Waals surface area (Å²) < 4.78 is 7.07. The van der Waals surface area contributed by atoms with E-state index in [-0.39, 0.29) is 0 Å². The lowest BCUT2D eigenvalue weighted by Crippen LogP contribution is -2.08. The van der Waals surface area contributed by atoms with E-state index in [4.69, 9.17) is 10.5 Å². The monoisotopic (exact) mass is 227 g/mol. The highest BCUT2D eigenvalue weighted by atomic mass is 32.1. The molecule has 0 aliphatic rings. The third-order valence-corrected chi connectivity index (χ3v) is 2.77. The first kappa shape index (κ1) is 10.5. The minimum Gasteiger partial charge on any atom is -0.373 e. The van der Waals surface area contributed by atoms with Crippen molar-refractivity contribution in [2.24, 2.45) is 5.73 Å². The molecule has 2 aromatic rings. The largest absolute Gasteiger partial charge is 0.373 e. The van der Waals surface area contributed by atoms with E-state index in [0.29, 0.717) is 19.8 Å². The Bertz CT molecular complexity index is 437. The van der Waals surface area contributed by atoms with Crippen molar-refractivity contribution in [2.45, 2.75) is 20.0 Å². The van der Waals surface area contributed by atoms with Crippen LogP contribution in [0.3, 0.4) is 0 Å². The molecule has 0 spiro atoms. The van der Waals surface area contributed by atoms with Gasteiger partial charge in [0.05, 0.1) is 6.61 Å². The molecular weight excluding hydrogens is 214 g/mol. The van der Waals surface area contributed by atoms with Gasteiger partial charge in [0.1, 0.15) is 11.6 Å². The first-order chi connectivity index (χ1) is 7.35. The first-order valence-corrected chi connectivity index (χ1v) is 5.64. The van der Waals surface area contributed by atoms with Gasteiger partial charge in [-0.15, -0.1) is 10.2 Å². The third kappa shape index (κ3) is 2.14. The zero-order valence-corrected chi connectivity index (χ0v) is 9.33. The maximum Gasteiger partial charge on any atom is 0.234 e. The predicted octanol–water partition coefficient (Wildman–Crippen LogP) is 0.223. The van der Waals surface area contributed by atoms with Gasteiger partial charge < -0.3 is 10.5 Å². The maximum absolute atomic E-state index is 5.32. The fourth-order valence-corrected chi connectivity index (χ4v) is 2.01. The van der Waals surface area contributed by atoms with Crippen LogP contribution in [0.25, 0.3) is 4.96 Å². The van der Waals surface area contributed by atoms with Crippen molar-refractivity contribution in [1.29, 1.82) is 0 Å². The first-order valence-electron chi connectivity index (χ1n) is 4.83. The molecule has 0 fully saturated rings. The Hall–Kier alpha value is -1.05. The third-order valence-electron chi connectivity index (χ3n) is 1.90. The van der Waals surface area contributed by atoms with E-state index in [1.54, 1.807) is 4.52 Å². The summed E-state index contributed by atoms with van der Waals surface area (Å²) in [7, 11) is 0. The second-order valence-electron chi connectivity index (χ2n) is 3.00. The van der Waals surface area contributed by atoms with Crippen molar-refractivity contribution >= 4 is 16.3 Å². The van der Waals surface area contributed by atoms with Gasteiger partial charge in [-0.2, -0.15) is 9.61 Å². The van der Waals surface area contributed by atoms with Crippen molar-refractivity contribution in [2.75, 3.05) is 13.2 Å². The molecule has 2 N–H and O–H groups in total. The summed E-state index contributed by atoms with van der Waals surface area (Å²) in [6.07, 6.45) is 0.827. The molecule has 2 rings (SSSR count). The van der Waals surface area contributed by atoms with Crippen molar-refractivity contribution in [3.8, 4) is 0 Å². The molecule has 15 heavy (non-hydrogen) atoms. The van der Waals surface area contributed by atoms with Gasteiger partial charge in [0.25, 0.3) is 0 Å². The Kier molecular flexibility index (Phi) is 3.24. The number of hydrogen-bond acceptors (Lipinski definition) is 6. The van der Waals surface area contributed by atoms with E-state index < -0.39 is 0 Å². The van der Waals surface area contributed by atoms with Gasteiger partial charge in [0.15, 0.2) is 5.82 Å². The molecule has 0 unspecified atom stereocenters. The molecule has 82 valence electrons. The highest BCUT2D eigenvalue weighted by molar-refractivity contribution is 7.16. The van der Waals surface area contributed by atoms with E-state index in [2.05, 4.69) is 15.3 Å². The highest BCUT2D eigenvalue weighted by Crippen LogP contribution is 2.14. The number of ether oxygens (including phenoxy) is 1. The van der Waals surface area contributed by atoms with Crippen LogP contribution < -0.4 is 5.73 Å². The van der Waals surface area contributed by atoms with Crippen molar-refractivity contribution < 1.29 is 4.74 Å². The highest BCUT2D eigenvalue weighted by Gasteiger charge is 2.09. The summed E-state index contributed by atoms with van der Waals surface area (Å²) in [5.74, 6) is 0.881. The van der Waals surface area contributed by atoms with E-state index in [1.807, 2.05) is 6.92 Å². The molecule has 0 aliphatic carbocycles. The number of fused-ring (bicyclic) bond motifs is 1. The molecule has 2 aromatic heterocycles. The van der Waals surface area contributed by atoms with Gasteiger partial charge in [-0.3, -0.25) is 0 Å². The zero-order valence-electron chi connectivity index (χ0n) is 8.51. The Morgan fingerprint density at radius 1 is 1.47 bits per heavy atom. The molecule has 0 amide bonds. The SMILES string of the molecule is CCc1nnc2sc(COCCN)nn12. The normalized spacial score (nSPS) is 11.3. The van der Waals surface area contributed by atoms with Crippen LogP contribution in [-0.4, -0.2) is 33.0 Å². The molecule has 0 aromatic carbocycles. The number of aryl methyl sites for hydroxylation is 1. The Balaban J connectivity index is 2.13. The topological polar surface area (TPSA) is 78.3 Å². The van der Waals surface area contributed by atoms with Crippen LogP contribution in [0.2, 0.25) is 0 Å². The smallest absolute Gasteiger partial charge is 0.234 e. The quantitative estimate of drug-likeness (QED) is 0.739. The minimum atomic E-state index is 0.494. The fraction of sp³-hybridized carbons (Fsp3) is 0.625. The van der Waals surface area contributed by atoms with Gasteiger partial charge in [-0.1, -0.05) is 18.3 Å². The molecule has 7 heteroatoms. The van der Waals surface area contributed by atoms with Crippen LogP contribution in [0.4, 0.5) is 0 Å². The van der Waals surface area contributed by atoms with E-state index in [0.717, 1.165) is 22.2 Å². The summed E-state index contributed by atoms with van der Waals surface area (Å²) in [4.78, 5) is 0.818. The number of hydrogen-bond donors (Lipinski definition) is 1. The molecule has 0 aliphatic heterocycles. The number of aromatic nitrogens is 4. The average molecular weight is 227 g/mol. The van der Waals surface area contributed by atoms with E-state index in [1.165, 1.54) is 11.3 Å². The van der Waals surface area contributed by atoms with Gasteiger partial charge in [-0.25, -0.2) is 0 Å². The average Bonchev–Trinajstić information content (AvgIpc) is 2.77. The second kappa shape index (κ2) is 4.65. The number of nitrogens with two attached hydrogens (primary N) is 1. The van der Waals surface area contributed by atoms with Gasteiger partial charge >= 0.3 is 0 Å². The van der Waals surface area contributed by atoms with Crippen molar-refractivity contribution in [1.82, 2.24) is 19.8 Å².